The summed E-state index contributed by atoms with van der Waals surface area (Å²) in [4.78, 5) is 15.2. The molecule has 0 aliphatic rings. The number of pyridine rings is 1. The van der Waals surface area contributed by atoms with Crippen LogP contribution in [0.25, 0.3) is 11.2 Å². The van der Waals surface area contributed by atoms with Crippen LogP contribution in [-0.2, 0) is 4.79 Å². The number of rotatable bonds is 4. The minimum absolute atomic E-state index is 0.209. The van der Waals surface area contributed by atoms with Crippen molar-refractivity contribution >= 4 is 23.1 Å². The average molecular weight is 269 g/mol. The third kappa shape index (κ3) is 2.92. The first-order valence-electron chi connectivity index (χ1n) is 5.99. The van der Waals surface area contributed by atoms with Gasteiger partial charge >= 0.3 is 0 Å². The lowest BCUT2D eigenvalue weighted by Crippen LogP contribution is -2.07. The number of aromatic nitrogens is 3. The van der Waals surface area contributed by atoms with Crippen LogP contribution in [0.5, 0.6) is 0 Å². The fourth-order valence-corrected chi connectivity index (χ4v) is 1.74. The van der Waals surface area contributed by atoms with E-state index < -0.39 is 0 Å². The van der Waals surface area contributed by atoms with Gasteiger partial charge in [0.25, 0.3) is 0 Å². The van der Waals surface area contributed by atoms with Crippen molar-refractivity contribution in [3.05, 3.63) is 54.9 Å². The SMILES string of the molecule is C=C/C=C(\C=C/N)c1ccc2nc(NC(C)=O)nn2c1. The lowest BCUT2D eigenvalue weighted by molar-refractivity contribution is -0.114. The van der Waals surface area contributed by atoms with Gasteiger partial charge in [0.15, 0.2) is 5.65 Å². The number of carbonyl (C=O) groups is 1. The zero-order valence-electron chi connectivity index (χ0n) is 11.1. The molecule has 102 valence electrons. The maximum atomic E-state index is 11.0. The topological polar surface area (TPSA) is 85.3 Å². The molecule has 1 amide bonds. The molecular formula is C14H15N5O. The Hall–Kier alpha value is -2.89. The molecule has 20 heavy (non-hydrogen) atoms. The van der Waals surface area contributed by atoms with Crippen LogP contribution in [0.15, 0.2) is 49.3 Å². The van der Waals surface area contributed by atoms with Gasteiger partial charge in [0.05, 0.1) is 0 Å². The van der Waals surface area contributed by atoms with Crippen LogP contribution in [-0.4, -0.2) is 20.5 Å². The third-order valence-corrected chi connectivity index (χ3v) is 2.53. The van der Waals surface area contributed by atoms with E-state index in [4.69, 9.17) is 5.73 Å². The zero-order valence-corrected chi connectivity index (χ0v) is 11.1. The summed E-state index contributed by atoms with van der Waals surface area (Å²) in [6.07, 6.45) is 8.57. The Balaban J connectivity index is 2.44. The van der Waals surface area contributed by atoms with Crippen LogP contribution in [0.4, 0.5) is 5.95 Å². The monoisotopic (exact) mass is 269 g/mol. The first-order chi connectivity index (χ1) is 9.63. The molecule has 0 aromatic carbocycles. The summed E-state index contributed by atoms with van der Waals surface area (Å²) in [5.41, 5.74) is 7.90. The largest absolute Gasteiger partial charge is 0.405 e. The van der Waals surface area contributed by atoms with E-state index in [0.717, 1.165) is 11.1 Å². The van der Waals surface area contributed by atoms with Crippen LogP contribution in [0.2, 0.25) is 0 Å². The summed E-state index contributed by atoms with van der Waals surface area (Å²) in [6.45, 7) is 5.08. The van der Waals surface area contributed by atoms with E-state index in [2.05, 4.69) is 22.0 Å². The van der Waals surface area contributed by atoms with Crippen molar-refractivity contribution in [1.29, 1.82) is 0 Å². The Morgan fingerprint density at radius 1 is 1.50 bits per heavy atom. The molecule has 6 heteroatoms. The number of hydrogen-bond donors (Lipinski definition) is 2. The highest BCUT2D eigenvalue weighted by molar-refractivity contribution is 5.86. The second-order valence-corrected chi connectivity index (χ2v) is 4.05. The first kappa shape index (κ1) is 13.5. The molecule has 0 saturated heterocycles. The van der Waals surface area contributed by atoms with Crippen molar-refractivity contribution in [3.8, 4) is 0 Å². The summed E-state index contributed by atoms with van der Waals surface area (Å²) in [5, 5.41) is 6.73. The standard InChI is InChI=1S/C14H15N5O/c1-3-4-11(7-8-15)12-5-6-13-17-14(16-10(2)20)18-19(13)9-12/h3-9H,1,15H2,2H3,(H,16,18,20)/b8-7-,11-4+. The normalized spacial score (nSPS) is 11.9. The second kappa shape index (κ2) is 5.83. The van der Waals surface area contributed by atoms with Gasteiger partial charge in [-0.3, -0.25) is 10.1 Å². The van der Waals surface area contributed by atoms with E-state index in [-0.39, 0.29) is 11.9 Å². The zero-order chi connectivity index (χ0) is 14.5. The quantitative estimate of drug-likeness (QED) is 0.828. The number of hydrogen-bond acceptors (Lipinski definition) is 4. The summed E-state index contributed by atoms with van der Waals surface area (Å²) in [7, 11) is 0. The summed E-state index contributed by atoms with van der Waals surface area (Å²) >= 11 is 0. The van der Waals surface area contributed by atoms with E-state index in [1.807, 2.05) is 24.4 Å². The molecule has 0 fully saturated rings. The van der Waals surface area contributed by atoms with Gasteiger partial charge in [0, 0.05) is 18.7 Å². The van der Waals surface area contributed by atoms with E-state index in [0.29, 0.717) is 5.65 Å². The van der Waals surface area contributed by atoms with Gasteiger partial charge in [-0.05, 0) is 30.0 Å². The van der Waals surface area contributed by atoms with Gasteiger partial charge < -0.3 is 5.73 Å². The van der Waals surface area contributed by atoms with Crippen molar-refractivity contribution < 1.29 is 4.79 Å². The van der Waals surface area contributed by atoms with Crippen molar-refractivity contribution in [3.63, 3.8) is 0 Å². The second-order valence-electron chi connectivity index (χ2n) is 4.05. The highest BCUT2D eigenvalue weighted by atomic mass is 16.1. The number of allylic oxidation sites excluding steroid dienone is 4. The Morgan fingerprint density at radius 2 is 2.30 bits per heavy atom. The molecular weight excluding hydrogens is 254 g/mol. The summed E-state index contributed by atoms with van der Waals surface area (Å²) in [6, 6.07) is 3.71. The Labute approximate surface area is 116 Å². The number of nitrogens with zero attached hydrogens (tertiary/aromatic N) is 3. The molecule has 0 bridgehead atoms. The minimum atomic E-state index is -0.209. The van der Waals surface area contributed by atoms with Crippen molar-refractivity contribution in [2.75, 3.05) is 5.32 Å². The number of nitrogens with one attached hydrogen (secondary N) is 1. The molecule has 2 heterocycles. The molecule has 0 saturated carbocycles. The number of amides is 1. The highest BCUT2D eigenvalue weighted by Gasteiger charge is 2.06. The lowest BCUT2D eigenvalue weighted by Gasteiger charge is -2.01. The number of nitrogens with two attached hydrogens (primary N) is 1. The van der Waals surface area contributed by atoms with Gasteiger partial charge in [0.1, 0.15) is 0 Å². The fourth-order valence-electron chi connectivity index (χ4n) is 1.74. The Kier molecular flexibility index (Phi) is 3.95. The number of carbonyl (C=O) groups excluding carboxylic acids is 1. The van der Waals surface area contributed by atoms with Crippen LogP contribution >= 0.6 is 0 Å². The van der Waals surface area contributed by atoms with E-state index in [1.165, 1.54) is 13.1 Å². The highest BCUT2D eigenvalue weighted by Crippen LogP contribution is 2.17. The van der Waals surface area contributed by atoms with Gasteiger partial charge in [-0.2, -0.15) is 4.98 Å². The molecule has 2 aromatic heterocycles. The lowest BCUT2D eigenvalue weighted by atomic mass is 10.1. The van der Waals surface area contributed by atoms with Crippen LogP contribution in [0, 0.1) is 0 Å². The average Bonchev–Trinajstić information content (AvgIpc) is 2.78. The Morgan fingerprint density at radius 3 is 2.95 bits per heavy atom. The third-order valence-electron chi connectivity index (χ3n) is 2.53. The summed E-state index contributed by atoms with van der Waals surface area (Å²) < 4.78 is 1.60. The predicted octanol–water partition coefficient (Wildman–Crippen LogP) is 1.73. The van der Waals surface area contributed by atoms with E-state index in [1.54, 1.807) is 16.7 Å². The fraction of sp³-hybridized carbons (Fsp3) is 0.0714. The smallest absolute Gasteiger partial charge is 0.249 e. The minimum Gasteiger partial charge on any atom is -0.405 e. The van der Waals surface area contributed by atoms with Crippen LogP contribution < -0.4 is 11.1 Å². The molecule has 0 radical (unpaired) electrons. The molecule has 6 nitrogen and oxygen atoms in total. The molecule has 2 aromatic rings. The molecule has 0 unspecified atom stereocenters. The van der Waals surface area contributed by atoms with E-state index >= 15 is 0 Å². The predicted molar refractivity (Wildman–Crippen MR) is 78.8 cm³/mol. The number of anilines is 1. The van der Waals surface area contributed by atoms with Gasteiger partial charge in [0.2, 0.25) is 11.9 Å². The summed E-state index contributed by atoms with van der Waals surface area (Å²) in [5.74, 6) is 0.0673. The molecule has 3 N–H and O–H groups in total. The maximum absolute atomic E-state index is 11.0. The van der Waals surface area contributed by atoms with Crippen molar-refractivity contribution in [2.45, 2.75) is 6.92 Å². The molecule has 0 aliphatic heterocycles. The first-order valence-corrected chi connectivity index (χ1v) is 5.99. The molecule has 2 rings (SSSR count). The Bertz CT molecular complexity index is 711. The van der Waals surface area contributed by atoms with Crippen LogP contribution in [0.3, 0.4) is 0 Å². The maximum Gasteiger partial charge on any atom is 0.249 e. The number of fused-ring (bicyclic) bond motifs is 1. The van der Waals surface area contributed by atoms with Gasteiger partial charge in [-0.15, -0.1) is 5.10 Å². The van der Waals surface area contributed by atoms with Crippen molar-refractivity contribution in [1.82, 2.24) is 14.6 Å². The molecule has 0 aliphatic carbocycles. The molecule has 0 spiro atoms. The van der Waals surface area contributed by atoms with Gasteiger partial charge in [-0.1, -0.05) is 18.7 Å². The van der Waals surface area contributed by atoms with Gasteiger partial charge in [-0.25, -0.2) is 4.52 Å². The van der Waals surface area contributed by atoms with Crippen LogP contribution in [0.1, 0.15) is 12.5 Å². The van der Waals surface area contributed by atoms with E-state index in [9.17, 15) is 4.79 Å². The molecule has 0 atom stereocenters. The van der Waals surface area contributed by atoms with Crippen molar-refractivity contribution in [2.24, 2.45) is 5.73 Å².